The van der Waals surface area contributed by atoms with Crippen LogP contribution in [0.25, 0.3) is 0 Å². The minimum absolute atomic E-state index is 0.0283. The molecule has 2 aromatic heterocycles. The van der Waals surface area contributed by atoms with Gasteiger partial charge in [-0.25, -0.2) is 4.79 Å². The van der Waals surface area contributed by atoms with Gasteiger partial charge in [-0.1, -0.05) is 49.7 Å². The molecule has 0 radical (unpaired) electrons. The third-order valence-corrected chi connectivity index (χ3v) is 9.26. The largest absolute Gasteiger partial charge is 0.469 e. The molecule has 0 saturated heterocycles. The number of urea groups is 1. The number of carbonyl (C=O) groups excluding carboxylic acids is 3. The number of amides is 3. The lowest BCUT2D eigenvalue weighted by Crippen LogP contribution is -2.45. The van der Waals surface area contributed by atoms with Gasteiger partial charge in [0.2, 0.25) is 6.79 Å². The second kappa shape index (κ2) is 15.7. The molecule has 1 aliphatic heterocycles. The number of thiophene rings is 2. The fourth-order valence-electron chi connectivity index (χ4n) is 4.29. The first kappa shape index (κ1) is 30.7. The molecule has 1 aromatic carbocycles. The number of nitrogens with zero attached hydrogens (tertiary/aromatic N) is 1. The van der Waals surface area contributed by atoms with Gasteiger partial charge in [0.05, 0.1) is 32.7 Å². The summed E-state index contributed by atoms with van der Waals surface area (Å²) in [6, 6.07) is 12.1. The van der Waals surface area contributed by atoms with Crippen molar-refractivity contribution in [2.75, 3.05) is 19.7 Å². The Morgan fingerprint density at radius 2 is 1.73 bits per heavy atom. The van der Waals surface area contributed by atoms with Crippen LogP contribution in [0.5, 0.6) is 11.5 Å². The molecular weight excluding hydrogens is 583 g/mol. The van der Waals surface area contributed by atoms with Crippen molar-refractivity contribution in [1.29, 1.82) is 0 Å². The normalized spacial score (nSPS) is 13.3. The van der Waals surface area contributed by atoms with Crippen LogP contribution < -0.4 is 20.1 Å². The molecular formula is C29H35N3O6S3. The third kappa shape index (κ3) is 9.40. The minimum Gasteiger partial charge on any atom is -0.469 e. The highest BCUT2D eigenvalue weighted by Gasteiger charge is 2.24. The summed E-state index contributed by atoms with van der Waals surface area (Å²) in [6.45, 7) is 3.30. The number of benzene rings is 1. The number of carbonyl (C=O) groups is 3. The summed E-state index contributed by atoms with van der Waals surface area (Å²) in [6.07, 6.45) is 2.55. The van der Waals surface area contributed by atoms with E-state index in [4.69, 9.17) is 14.2 Å². The summed E-state index contributed by atoms with van der Waals surface area (Å²) in [7, 11) is 1.31. The smallest absolute Gasteiger partial charge is 0.315 e. The van der Waals surface area contributed by atoms with Gasteiger partial charge in [-0.2, -0.15) is 0 Å². The molecule has 0 fully saturated rings. The Morgan fingerprint density at radius 1 is 1.02 bits per heavy atom. The Labute approximate surface area is 252 Å². The maximum absolute atomic E-state index is 13.4. The van der Waals surface area contributed by atoms with E-state index in [1.807, 2.05) is 39.9 Å². The number of hydrogen-bond acceptors (Lipinski definition) is 9. The monoisotopic (exact) mass is 617 g/mol. The van der Waals surface area contributed by atoms with Crippen molar-refractivity contribution in [3.05, 3.63) is 68.5 Å². The van der Waals surface area contributed by atoms with E-state index in [9.17, 15) is 14.4 Å². The van der Waals surface area contributed by atoms with Crippen molar-refractivity contribution in [3.8, 4) is 11.5 Å². The Balaban J connectivity index is 1.39. The fraction of sp³-hybridized carbons (Fsp3) is 0.414. The minimum atomic E-state index is -0.634. The molecule has 1 aliphatic rings. The molecule has 2 N–H and O–H groups in total. The zero-order valence-electron chi connectivity index (χ0n) is 23.1. The van der Waals surface area contributed by atoms with Gasteiger partial charge in [-0.3, -0.25) is 9.59 Å². The van der Waals surface area contributed by atoms with Crippen LogP contribution in [0.2, 0.25) is 0 Å². The van der Waals surface area contributed by atoms with E-state index < -0.39 is 18.0 Å². The molecule has 2 unspecified atom stereocenters. The van der Waals surface area contributed by atoms with E-state index in [0.717, 1.165) is 29.0 Å². The Morgan fingerprint density at radius 3 is 2.37 bits per heavy atom. The van der Waals surface area contributed by atoms with Gasteiger partial charge in [0, 0.05) is 21.5 Å². The maximum atomic E-state index is 13.4. The fourth-order valence-corrected chi connectivity index (χ4v) is 6.64. The van der Waals surface area contributed by atoms with Crippen molar-refractivity contribution in [1.82, 2.24) is 15.5 Å². The molecule has 12 heteroatoms. The second-order valence-electron chi connectivity index (χ2n) is 9.49. The van der Waals surface area contributed by atoms with Crippen LogP contribution in [0.1, 0.15) is 54.0 Å². The number of thioether (sulfide) groups is 1. The van der Waals surface area contributed by atoms with Gasteiger partial charge in [0.25, 0.3) is 5.24 Å². The summed E-state index contributed by atoms with van der Waals surface area (Å²) in [5, 5.41) is 9.95. The Bertz CT molecular complexity index is 1230. The van der Waals surface area contributed by atoms with Crippen molar-refractivity contribution in [3.63, 3.8) is 0 Å². The average molecular weight is 618 g/mol. The molecule has 0 saturated carbocycles. The molecule has 0 spiro atoms. The predicted molar refractivity (Wildman–Crippen MR) is 163 cm³/mol. The highest BCUT2D eigenvalue weighted by atomic mass is 32.2. The molecule has 3 amide bonds. The number of fused-ring (bicyclic) bond motifs is 1. The summed E-state index contributed by atoms with van der Waals surface area (Å²) < 4.78 is 15.7. The Kier molecular flexibility index (Phi) is 11.8. The zero-order chi connectivity index (χ0) is 29.0. The number of unbranched alkanes of at least 4 members (excludes halogenated alkanes) is 1. The number of ether oxygens (including phenoxy) is 3. The highest BCUT2D eigenvalue weighted by molar-refractivity contribution is 8.13. The van der Waals surface area contributed by atoms with Crippen LogP contribution in [0.3, 0.4) is 0 Å². The quantitative estimate of drug-likeness (QED) is 0.198. The van der Waals surface area contributed by atoms with Gasteiger partial charge in [0.1, 0.15) is 0 Å². The summed E-state index contributed by atoms with van der Waals surface area (Å²) in [5.41, 5.74) is 0.697. The SMILES string of the molecule is CCCCC(CSC(=O)N(Cc1cccs1)Cc1cccs1)NC(=O)NC(CC(=O)OC)c1ccc2c(c1)OCO2. The van der Waals surface area contributed by atoms with E-state index >= 15 is 0 Å². The van der Waals surface area contributed by atoms with Crippen molar-refractivity contribution in [2.24, 2.45) is 0 Å². The van der Waals surface area contributed by atoms with E-state index in [-0.39, 0.29) is 24.5 Å². The summed E-state index contributed by atoms with van der Waals surface area (Å²) >= 11 is 4.48. The first-order chi connectivity index (χ1) is 19.9. The standard InChI is InChI=1S/C29H35N3O6S3/c1-3-4-7-21(18-41-29(35)32(16-22-8-5-12-39-22)17-23-9-6-13-40-23)30-28(34)31-24(15-27(33)36-2)20-10-11-25-26(14-20)38-19-37-25/h5-6,8-14,21,24H,3-4,7,15-19H2,1-2H3,(H2,30,31,34). The molecule has 41 heavy (non-hydrogen) atoms. The molecule has 3 aromatic rings. The van der Waals surface area contributed by atoms with Crippen molar-refractivity contribution in [2.45, 2.75) is 57.8 Å². The molecule has 2 atom stereocenters. The third-order valence-electron chi connectivity index (χ3n) is 6.46. The van der Waals surface area contributed by atoms with E-state index in [1.165, 1.54) is 18.9 Å². The number of esters is 1. The maximum Gasteiger partial charge on any atom is 0.315 e. The van der Waals surface area contributed by atoms with Gasteiger partial charge < -0.3 is 29.7 Å². The molecule has 220 valence electrons. The second-order valence-corrected chi connectivity index (χ2v) is 12.5. The molecule has 0 bridgehead atoms. The van der Waals surface area contributed by atoms with Gasteiger partial charge in [0.15, 0.2) is 11.5 Å². The van der Waals surface area contributed by atoms with E-state index in [0.29, 0.717) is 35.9 Å². The molecule has 4 rings (SSSR count). The number of nitrogens with one attached hydrogen (secondary N) is 2. The van der Waals surface area contributed by atoms with Gasteiger partial charge in [-0.05, 0) is 47.0 Å². The lowest BCUT2D eigenvalue weighted by molar-refractivity contribution is -0.141. The number of rotatable bonds is 14. The first-order valence-corrected chi connectivity index (χ1v) is 16.2. The van der Waals surface area contributed by atoms with Crippen molar-refractivity contribution >= 4 is 51.7 Å². The lowest BCUT2D eigenvalue weighted by atomic mass is 10.0. The van der Waals surface area contributed by atoms with Gasteiger partial charge >= 0.3 is 12.0 Å². The number of methoxy groups -OCH3 is 1. The van der Waals surface area contributed by atoms with Crippen LogP contribution in [-0.4, -0.2) is 47.8 Å². The van der Waals surface area contributed by atoms with E-state index in [1.54, 1.807) is 40.9 Å². The highest BCUT2D eigenvalue weighted by Crippen LogP contribution is 2.35. The molecule has 3 heterocycles. The van der Waals surface area contributed by atoms with Crippen LogP contribution in [0.15, 0.2) is 53.2 Å². The number of hydrogen-bond donors (Lipinski definition) is 2. The molecule has 9 nitrogen and oxygen atoms in total. The average Bonchev–Trinajstić information content (AvgIpc) is 3.76. The zero-order valence-corrected chi connectivity index (χ0v) is 25.6. The van der Waals surface area contributed by atoms with Crippen molar-refractivity contribution < 1.29 is 28.6 Å². The molecule has 0 aliphatic carbocycles. The topological polar surface area (TPSA) is 106 Å². The predicted octanol–water partition coefficient (Wildman–Crippen LogP) is 6.56. The van der Waals surface area contributed by atoms with Gasteiger partial charge in [-0.15, -0.1) is 22.7 Å². The first-order valence-electron chi connectivity index (χ1n) is 13.4. The summed E-state index contributed by atoms with van der Waals surface area (Å²) in [5.74, 6) is 1.16. The Hall–Kier alpha value is -3.22. The van der Waals surface area contributed by atoms with Crippen LogP contribution in [0.4, 0.5) is 9.59 Å². The van der Waals surface area contributed by atoms with Crippen LogP contribution in [0, 0.1) is 0 Å². The van der Waals surface area contributed by atoms with Crippen LogP contribution in [-0.2, 0) is 22.6 Å². The lowest BCUT2D eigenvalue weighted by Gasteiger charge is -2.24. The van der Waals surface area contributed by atoms with Crippen LogP contribution >= 0.6 is 34.4 Å². The summed E-state index contributed by atoms with van der Waals surface area (Å²) in [4.78, 5) is 42.8. The van der Waals surface area contributed by atoms with E-state index in [2.05, 4.69) is 17.6 Å².